The third kappa shape index (κ3) is 7.06. The van der Waals surface area contributed by atoms with Crippen molar-refractivity contribution in [1.29, 1.82) is 0 Å². The lowest BCUT2D eigenvalue weighted by Crippen LogP contribution is -2.55. The molecule has 0 unspecified atom stereocenters. The van der Waals surface area contributed by atoms with Crippen LogP contribution in [0.2, 0.25) is 0 Å². The molecule has 1 aromatic rings. The lowest BCUT2D eigenvalue weighted by Gasteiger charge is -2.32. The van der Waals surface area contributed by atoms with Gasteiger partial charge in [-0.1, -0.05) is 45.0 Å². The van der Waals surface area contributed by atoms with Gasteiger partial charge in [0, 0.05) is 6.42 Å². The summed E-state index contributed by atoms with van der Waals surface area (Å²) in [6.07, 6.45) is -6.26. The molecule has 1 aromatic carbocycles. The van der Waals surface area contributed by atoms with E-state index >= 15 is 0 Å². The van der Waals surface area contributed by atoms with E-state index in [4.69, 9.17) is 10.5 Å². The molecule has 0 aliphatic rings. The van der Waals surface area contributed by atoms with Gasteiger partial charge in [0.05, 0.1) is 6.42 Å². The Labute approximate surface area is 147 Å². The number of halogens is 3. The zero-order valence-electron chi connectivity index (χ0n) is 15.8. The number of esters is 1. The number of benzene rings is 1. The molecule has 0 spiro atoms. The van der Waals surface area contributed by atoms with E-state index in [9.17, 15) is 18.0 Å². The third-order valence-electron chi connectivity index (χ3n) is 3.63. The summed E-state index contributed by atoms with van der Waals surface area (Å²) in [7, 11) is 0. The van der Waals surface area contributed by atoms with Crippen molar-refractivity contribution in [2.75, 3.05) is 0 Å². The fraction of sp³-hybridized carbons (Fsp3) is 0.632. The molecule has 6 heteroatoms. The molecule has 0 amide bonds. The van der Waals surface area contributed by atoms with Crippen LogP contribution < -0.4 is 5.73 Å². The molecule has 142 valence electrons. The Morgan fingerprint density at radius 1 is 1.08 bits per heavy atom. The Bertz CT molecular complexity index is 612. The Morgan fingerprint density at radius 3 is 2.08 bits per heavy atom. The summed E-state index contributed by atoms with van der Waals surface area (Å²) in [4.78, 5) is 12.4. The first kappa shape index (κ1) is 21.5. The minimum atomic E-state index is -4.58. The average Bonchev–Trinajstić information content (AvgIpc) is 2.33. The van der Waals surface area contributed by atoms with Gasteiger partial charge in [-0.05, 0) is 37.3 Å². The Balaban J connectivity index is 3.19. The quantitative estimate of drug-likeness (QED) is 0.804. The van der Waals surface area contributed by atoms with Crippen LogP contribution in [0.25, 0.3) is 0 Å². The van der Waals surface area contributed by atoms with Crippen molar-refractivity contribution in [1.82, 2.24) is 0 Å². The van der Waals surface area contributed by atoms with Crippen molar-refractivity contribution in [2.24, 2.45) is 5.73 Å². The van der Waals surface area contributed by atoms with Gasteiger partial charge >= 0.3 is 12.1 Å². The molecule has 3 nitrogen and oxygen atoms in total. The van der Waals surface area contributed by atoms with Gasteiger partial charge in [0.15, 0.2) is 0 Å². The topological polar surface area (TPSA) is 52.3 Å². The van der Waals surface area contributed by atoms with E-state index in [0.29, 0.717) is 5.56 Å². The molecule has 1 atom stereocenters. The summed E-state index contributed by atoms with van der Waals surface area (Å²) in [6, 6.07) is 7.14. The smallest absolute Gasteiger partial charge is 0.391 e. The molecular weight excluding hydrogens is 331 g/mol. The number of hydrogen-bond acceptors (Lipinski definition) is 3. The molecule has 2 N–H and O–H groups in total. The summed E-state index contributed by atoms with van der Waals surface area (Å²) in [5.41, 5.74) is 4.22. The summed E-state index contributed by atoms with van der Waals surface area (Å²) >= 11 is 0. The van der Waals surface area contributed by atoms with Gasteiger partial charge in [-0.15, -0.1) is 0 Å². The second-order valence-corrected chi connectivity index (χ2v) is 8.58. The second kappa shape index (κ2) is 6.98. The van der Waals surface area contributed by atoms with Crippen molar-refractivity contribution in [3.63, 3.8) is 0 Å². The van der Waals surface area contributed by atoms with Gasteiger partial charge in [-0.2, -0.15) is 13.2 Å². The van der Waals surface area contributed by atoms with Gasteiger partial charge in [-0.25, -0.2) is 0 Å². The van der Waals surface area contributed by atoms with E-state index in [1.807, 2.05) is 26.8 Å². The van der Waals surface area contributed by atoms with Crippen LogP contribution in [0.15, 0.2) is 24.3 Å². The summed E-state index contributed by atoms with van der Waals surface area (Å²) in [5, 5.41) is 0. The number of ether oxygens (including phenoxy) is 1. The fourth-order valence-corrected chi connectivity index (χ4v) is 2.46. The monoisotopic (exact) mass is 359 g/mol. The molecule has 1 rings (SSSR count). The zero-order valence-corrected chi connectivity index (χ0v) is 15.8. The molecule has 0 fully saturated rings. The second-order valence-electron chi connectivity index (χ2n) is 8.58. The zero-order chi connectivity index (χ0) is 19.7. The minimum Gasteiger partial charge on any atom is -0.459 e. The van der Waals surface area contributed by atoms with E-state index in [2.05, 4.69) is 0 Å². The number of alkyl halides is 3. The van der Waals surface area contributed by atoms with Gasteiger partial charge in [0.2, 0.25) is 0 Å². The van der Waals surface area contributed by atoms with E-state index in [1.54, 1.807) is 39.0 Å². The van der Waals surface area contributed by atoms with Gasteiger partial charge in [0.25, 0.3) is 0 Å². The van der Waals surface area contributed by atoms with Crippen LogP contribution in [0.3, 0.4) is 0 Å². The Morgan fingerprint density at radius 2 is 1.64 bits per heavy atom. The molecular formula is C19H28F3NO2. The van der Waals surface area contributed by atoms with E-state index < -0.39 is 29.7 Å². The lowest BCUT2D eigenvalue weighted by molar-refractivity contribution is -0.179. The minimum absolute atomic E-state index is 0.163. The number of hydrogen-bond donors (Lipinski definition) is 1. The average molecular weight is 359 g/mol. The molecule has 25 heavy (non-hydrogen) atoms. The Kier molecular flexibility index (Phi) is 6.00. The number of carbonyl (C=O) groups is 1. The van der Waals surface area contributed by atoms with Crippen LogP contribution in [0.1, 0.15) is 59.1 Å². The highest BCUT2D eigenvalue weighted by Gasteiger charge is 2.47. The highest BCUT2D eigenvalue weighted by Crippen LogP contribution is 2.31. The SMILES string of the molecule is CC(C)(C)OC(=O)[C@@](N)(Cc1cccc(C(C)(C)C)c1)CC(F)(F)F. The number of carbonyl (C=O) groups excluding carboxylic acids is 1. The Hall–Kier alpha value is -1.56. The maximum absolute atomic E-state index is 13.0. The highest BCUT2D eigenvalue weighted by atomic mass is 19.4. The van der Waals surface area contributed by atoms with E-state index in [1.165, 1.54) is 0 Å². The first-order valence-electron chi connectivity index (χ1n) is 8.20. The van der Waals surface area contributed by atoms with Gasteiger partial charge in [0.1, 0.15) is 11.1 Å². The highest BCUT2D eigenvalue weighted by molar-refractivity contribution is 5.81. The summed E-state index contributed by atoms with van der Waals surface area (Å²) in [6.45, 7) is 10.8. The largest absolute Gasteiger partial charge is 0.459 e. The van der Waals surface area contributed by atoms with Crippen LogP contribution in [0, 0.1) is 0 Å². The number of nitrogens with two attached hydrogens (primary N) is 1. The standard InChI is InChI=1S/C19H28F3NO2/c1-16(2,3)14-9-7-8-13(10-14)11-18(23,12-19(20,21)22)15(24)25-17(4,5)6/h7-10H,11-12,23H2,1-6H3/t18-/m1/s1. The third-order valence-corrected chi connectivity index (χ3v) is 3.63. The van der Waals surface area contributed by atoms with Crippen LogP contribution in [-0.4, -0.2) is 23.3 Å². The van der Waals surface area contributed by atoms with Crippen molar-refractivity contribution in [3.8, 4) is 0 Å². The molecule has 0 aliphatic carbocycles. The van der Waals surface area contributed by atoms with Gasteiger partial charge in [-0.3, -0.25) is 4.79 Å². The van der Waals surface area contributed by atoms with Crippen LogP contribution in [-0.2, 0) is 21.4 Å². The maximum atomic E-state index is 13.0. The van der Waals surface area contributed by atoms with Crippen molar-refractivity contribution in [2.45, 2.75) is 77.1 Å². The fourth-order valence-electron chi connectivity index (χ4n) is 2.46. The first-order valence-corrected chi connectivity index (χ1v) is 8.20. The molecule has 0 bridgehead atoms. The number of rotatable bonds is 4. The van der Waals surface area contributed by atoms with Crippen molar-refractivity contribution in [3.05, 3.63) is 35.4 Å². The normalized spacial score (nSPS) is 15.6. The molecule has 0 heterocycles. The predicted molar refractivity (Wildman–Crippen MR) is 92.3 cm³/mol. The van der Waals surface area contributed by atoms with Crippen LogP contribution in [0.5, 0.6) is 0 Å². The van der Waals surface area contributed by atoms with Crippen molar-refractivity contribution >= 4 is 5.97 Å². The van der Waals surface area contributed by atoms with Gasteiger partial charge < -0.3 is 10.5 Å². The van der Waals surface area contributed by atoms with Crippen LogP contribution in [0.4, 0.5) is 13.2 Å². The van der Waals surface area contributed by atoms with E-state index in [0.717, 1.165) is 5.56 Å². The molecule has 0 saturated heterocycles. The summed E-state index contributed by atoms with van der Waals surface area (Å²) < 4.78 is 44.2. The molecule has 0 aliphatic heterocycles. The van der Waals surface area contributed by atoms with E-state index in [-0.39, 0.29) is 11.8 Å². The molecule has 0 aromatic heterocycles. The van der Waals surface area contributed by atoms with Crippen LogP contribution >= 0.6 is 0 Å². The predicted octanol–water partition coefficient (Wildman–Crippen LogP) is 4.52. The first-order chi connectivity index (χ1) is 11.0. The summed E-state index contributed by atoms with van der Waals surface area (Å²) in [5.74, 6) is -1.04. The molecule has 0 radical (unpaired) electrons. The lowest BCUT2D eigenvalue weighted by atomic mass is 9.83. The maximum Gasteiger partial charge on any atom is 0.391 e. The van der Waals surface area contributed by atoms with Crippen molar-refractivity contribution < 1.29 is 22.7 Å². The molecule has 0 saturated carbocycles.